The fraction of sp³-hybridized carbons (Fsp3) is 0.294. The predicted molar refractivity (Wildman–Crippen MR) is 172 cm³/mol. The second-order valence-corrected chi connectivity index (χ2v) is 14.4. The van der Waals surface area contributed by atoms with E-state index in [2.05, 4.69) is 38.2 Å². The summed E-state index contributed by atoms with van der Waals surface area (Å²) in [4.78, 5) is 56.4. The number of carbonyl (C=O) groups is 3. The summed E-state index contributed by atoms with van der Waals surface area (Å²) in [6.45, 7) is 10.1. The zero-order valence-electron chi connectivity index (χ0n) is 24.7. The Bertz CT molecular complexity index is 1800. The number of nitrogens with zero attached hydrogens (tertiary/aromatic N) is 2. The van der Waals surface area contributed by atoms with E-state index in [-0.39, 0.29) is 34.6 Å². The van der Waals surface area contributed by atoms with E-state index in [1.54, 1.807) is 12.1 Å². The van der Waals surface area contributed by atoms with E-state index in [1.807, 2.05) is 62.4 Å². The molecule has 0 aliphatic carbocycles. The summed E-state index contributed by atoms with van der Waals surface area (Å²) < 4.78 is 1.46. The predicted octanol–water partition coefficient (Wildman–Crippen LogP) is 6.26. The first kappa shape index (κ1) is 29.1. The van der Waals surface area contributed by atoms with Crippen LogP contribution < -0.4 is 15.1 Å². The Kier molecular flexibility index (Phi) is 7.42. The first-order valence-corrected chi connectivity index (χ1v) is 15.9. The van der Waals surface area contributed by atoms with Crippen LogP contribution in [0.2, 0.25) is 0 Å². The molecule has 1 fully saturated rings. The average molecular weight is 612 g/mol. The molecule has 3 aromatic carbocycles. The Hall–Kier alpha value is -3.95. The number of thioether (sulfide) groups is 1. The van der Waals surface area contributed by atoms with Crippen molar-refractivity contribution < 1.29 is 14.4 Å². The van der Waals surface area contributed by atoms with E-state index in [0.717, 1.165) is 38.5 Å². The molecule has 1 N–H and O–H groups in total. The smallest absolute Gasteiger partial charge is 0.308 e. The number of amides is 3. The molecule has 1 saturated heterocycles. The van der Waals surface area contributed by atoms with Gasteiger partial charge in [0.05, 0.1) is 16.6 Å². The lowest BCUT2D eigenvalue weighted by atomic mass is 9.81. The van der Waals surface area contributed by atoms with Crippen molar-refractivity contribution in [2.75, 3.05) is 10.2 Å². The Balaban J connectivity index is 1.42. The highest BCUT2D eigenvalue weighted by atomic mass is 32.2. The van der Waals surface area contributed by atoms with Crippen LogP contribution in [0.1, 0.15) is 53.8 Å². The molecule has 9 heteroatoms. The van der Waals surface area contributed by atoms with E-state index in [4.69, 9.17) is 0 Å². The van der Waals surface area contributed by atoms with Gasteiger partial charge in [-0.15, -0.1) is 0 Å². The van der Waals surface area contributed by atoms with Crippen LogP contribution in [0.15, 0.2) is 82.6 Å². The lowest BCUT2D eigenvalue weighted by Crippen LogP contribution is -2.33. The molecule has 220 valence electrons. The summed E-state index contributed by atoms with van der Waals surface area (Å²) in [6, 6.07) is 22.9. The van der Waals surface area contributed by atoms with Crippen LogP contribution in [0.25, 0.3) is 0 Å². The molecule has 6 rings (SSSR count). The standard InChI is InChI=1S/C34H33N3O4S2/c1-19-10-16-23(17-11-19)37-30(39)27-26(21-12-14-22(15-13-21)34(3,4)5)29-32(42-28(27)31(37)40)36(33(41)43-29)18-25(38)35-24-9-7-6-8-20(24)2/h6-17,26-28H,18H2,1-5H3,(H,35,38)/t26-,27?,28?/m1/s1. The molecule has 0 saturated carbocycles. The largest absolute Gasteiger partial charge is 0.324 e. The summed E-state index contributed by atoms with van der Waals surface area (Å²) in [6.07, 6.45) is 0. The van der Waals surface area contributed by atoms with Crippen LogP contribution in [-0.4, -0.2) is 27.5 Å². The quantitative estimate of drug-likeness (QED) is 0.269. The minimum atomic E-state index is -0.728. The van der Waals surface area contributed by atoms with Gasteiger partial charge in [0.25, 0.3) is 0 Å². The number of aryl methyl sites for hydroxylation is 2. The highest BCUT2D eigenvalue weighted by molar-refractivity contribution is 8.00. The fourth-order valence-electron chi connectivity index (χ4n) is 5.80. The Morgan fingerprint density at radius 2 is 1.56 bits per heavy atom. The molecule has 0 spiro atoms. The zero-order valence-corrected chi connectivity index (χ0v) is 26.3. The van der Waals surface area contributed by atoms with Gasteiger partial charge in [-0.25, -0.2) is 4.90 Å². The van der Waals surface area contributed by atoms with E-state index in [9.17, 15) is 19.2 Å². The number of para-hydroxylation sites is 1. The van der Waals surface area contributed by atoms with Crippen molar-refractivity contribution >= 4 is 52.2 Å². The average Bonchev–Trinajstić information content (AvgIpc) is 3.40. The van der Waals surface area contributed by atoms with Gasteiger partial charge in [0.15, 0.2) is 0 Å². The summed E-state index contributed by atoms with van der Waals surface area (Å²) >= 11 is 2.28. The van der Waals surface area contributed by atoms with Gasteiger partial charge >= 0.3 is 4.87 Å². The molecule has 2 unspecified atom stereocenters. The molecule has 2 aliphatic rings. The van der Waals surface area contributed by atoms with Gasteiger partial charge in [0.2, 0.25) is 17.7 Å². The topological polar surface area (TPSA) is 88.5 Å². The lowest BCUT2D eigenvalue weighted by Gasteiger charge is -2.31. The number of imide groups is 1. The monoisotopic (exact) mass is 611 g/mol. The molecule has 0 bridgehead atoms. The molecule has 1 aromatic heterocycles. The van der Waals surface area contributed by atoms with Gasteiger partial charge in [-0.05, 0) is 54.2 Å². The molecule has 3 atom stereocenters. The van der Waals surface area contributed by atoms with Crippen LogP contribution in [0.5, 0.6) is 0 Å². The third-order valence-corrected chi connectivity index (χ3v) is 10.8. The zero-order chi connectivity index (χ0) is 30.6. The minimum Gasteiger partial charge on any atom is -0.324 e. The number of thiazole rings is 1. The summed E-state index contributed by atoms with van der Waals surface area (Å²) in [5.74, 6) is -2.09. The number of fused-ring (bicyclic) bond motifs is 2. The van der Waals surface area contributed by atoms with Crippen molar-refractivity contribution in [3.63, 3.8) is 0 Å². The number of nitrogens with one attached hydrogen (secondary N) is 1. The first-order valence-electron chi connectivity index (χ1n) is 14.2. The van der Waals surface area contributed by atoms with Crippen LogP contribution in [-0.2, 0) is 26.3 Å². The Morgan fingerprint density at radius 3 is 2.21 bits per heavy atom. The summed E-state index contributed by atoms with van der Waals surface area (Å²) in [5, 5.41) is 2.76. The minimum absolute atomic E-state index is 0.0609. The number of hydrogen-bond acceptors (Lipinski definition) is 6. The molecule has 4 aromatic rings. The van der Waals surface area contributed by atoms with Crippen LogP contribution in [0, 0.1) is 19.8 Å². The molecule has 3 heterocycles. The number of hydrogen-bond donors (Lipinski definition) is 1. The highest BCUT2D eigenvalue weighted by Gasteiger charge is 2.56. The molecule has 7 nitrogen and oxygen atoms in total. The van der Waals surface area contributed by atoms with Crippen molar-refractivity contribution in [1.29, 1.82) is 0 Å². The van der Waals surface area contributed by atoms with Gasteiger partial charge < -0.3 is 5.32 Å². The van der Waals surface area contributed by atoms with Gasteiger partial charge in [0, 0.05) is 16.5 Å². The summed E-state index contributed by atoms with van der Waals surface area (Å²) in [5.41, 5.74) is 5.12. The third kappa shape index (κ3) is 5.25. The van der Waals surface area contributed by atoms with E-state index < -0.39 is 17.1 Å². The maximum Gasteiger partial charge on any atom is 0.308 e. The number of carbonyl (C=O) groups excluding carboxylic acids is 3. The van der Waals surface area contributed by atoms with Crippen LogP contribution in [0.3, 0.4) is 0 Å². The van der Waals surface area contributed by atoms with Crippen LogP contribution in [0.4, 0.5) is 11.4 Å². The van der Waals surface area contributed by atoms with Crippen LogP contribution >= 0.6 is 23.1 Å². The van der Waals surface area contributed by atoms with Gasteiger partial charge in [-0.3, -0.25) is 23.7 Å². The second kappa shape index (κ2) is 11.0. The van der Waals surface area contributed by atoms with E-state index in [0.29, 0.717) is 16.4 Å². The van der Waals surface area contributed by atoms with Gasteiger partial charge in [-0.1, -0.05) is 104 Å². The molecule has 2 aliphatic heterocycles. The Labute approximate surface area is 258 Å². The number of benzene rings is 3. The fourth-order valence-corrected chi connectivity index (χ4v) is 8.57. The molecule has 43 heavy (non-hydrogen) atoms. The van der Waals surface area contributed by atoms with Gasteiger partial charge in [-0.2, -0.15) is 0 Å². The lowest BCUT2D eigenvalue weighted by molar-refractivity contribution is -0.122. The van der Waals surface area contributed by atoms with Crippen molar-refractivity contribution in [2.24, 2.45) is 5.92 Å². The number of anilines is 2. The maximum absolute atomic E-state index is 14.1. The summed E-state index contributed by atoms with van der Waals surface area (Å²) in [7, 11) is 0. The Morgan fingerprint density at radius 1 is 0.884 bits per heavy atom. The van der Waals surface area contributed by atoms with Crippen molar-refractivity contribution in [1.82, 2.24) is 4.57 Å². The number of rotatable bonds is 5. The van der Waals surface area contributed by atoms with Crippen molar-refractivity contribution in [3.05, 3.63) is 110 Å². The molecular weight excluding hydrogens is 579 g/mol. The maximum atomic E-state index is 14.1. The van der Waals surface area contributed by atoms with E-state index >= 15 is 0 Å². The van der Waals surface area contributed by atoms with E-state index in [1.165, 1.54) is 21.2 Å². The normalized spacial score (nSPS) is 19.7. The first-order chi connectivity index (χ1) is 20.4. The van der Waals surface area contributed by atoms with Crippen molar-refractivity contribution in [2.45, 2.75) is 62.8 Å². The number of aromatic nitrogens is 1. The van der Waals surface area contributed by atoms with Crippen molar-refractivity contribution in [3.8, 4) is 0 Å². The third-order valence-electron chi connectivity index (χ3n) is 8.20. The molecule has 0 radical (unpaired) electrons. The molecular formula is C34H33N3O4S2. The van der Waals surface area contributed by atoms with Gasteiger partial charge in [0.1, 0.15) is 11.8 Å². The second-order valence-electron chi connectivity index (χ2n) is 12.2. The highest BCUT2D eigenvalue weighted by Crippen LogP contribution is 2.54. The SMILES string of the molecule is Cc1ccc(N2C(=O)C3Sc4c(sc(=O)n4CC(=O)Nc4ccccc4C)[C@H](c4ccc(C(C)(C)C)cc4)C3C2=O)cc1. The molecule has 3 amide bonds.